The molecule has 0 spiro atoms. The van der Waals surface area contributed by atoms with E-state index in [1.165, 1.54) is 0 Å². The number of hydrazone groups is 1. The third-order valence-corrected chi connectivity index (χ3v) is 6.66. The highest BCUT2D eigenvalue weighted by Crippen LogP contribution is 2.37. The van der Waals surface area contributed by atoms with Crippen LogP contribution in [0.4, 0.5) is 0 Å². The van der Waals surface area contributed by atoms with Gasteiger partial charge in [-0.2, -0.15) is 5.10 Å². The molecule has 1 saturated heterocycles. The van der Waals surface area contributed by atoms with E-state index in [0.717, 1.165) is 42.0 Å². The summed E-state index contributed by atoms with van der Waals surface area (Å²) in [6, 6.07) is 14.9. The van der Waals surface area contributed by atoms with Crippen LogP contribution >= 0.6 is 11.6 Å². The number of nitrogens with zero attached hydrogens (tertiary/aromatic N) is 3. The maximum Gasteiger partial charge on any atom is 0.310 e. The Morgan fingerprint density at radius 2 is 2.00 bits per heavy atom. The Balaban J connectivity index is 1.56. The standard InChI is InChI=1S/C26H30ClN3O4/c1-3-34-26(32)19-9-7-13-29(16-19)17-25(31)30-24(21-11-4-5-12-22(21)27)15-23(28-30)18-8-6-10-20(14-18)33-2/h4-6,8,10-12,14,19,24H,3,7,9,13,15-17H2,1-2H3/t19-,24+/m1/s1. The predicted octanol–water partition coefficient (Wildman–Crippen LogP) is 4.30. The molecule has 2 heterocycles. The summed E-state index contributed by atoms with van der Waals surface area (Å²) in [5.41, 5.74) is 2.58. The van der Waals surface area contributed by atoms with Gasteiger partial charge in [-0.25, -0.2) is 5.01 Å². The number of amides is 1. The minimum Gasteiger partial charge on any atom is -0.497 e. The van der Waals surface area contributed by atoms with Crippen LogP contribution in [0.15, 0.2) is 53.6 Å². The third-order valence-electron chi connectivity index (χ3n) is 6.32. The zero-order valence-corrected chi connectivity index (χ0v) is 20.3. The van der Waals surface area contributed by atoms with Crippen molar-refractivity contribution in [2.24, 2.45) is 11.0 Å². The Morgan fingerprint density at radius 3 is 2.76 bits per heavy atom. The molecule has 4 rings (SSSR count). The van der Waals surface area contributed by atoms with Crippen molar-refractivity contribution in [1.29, 1.82) is 0 Å². The largest absolute Gasteiger partial charge is 0.497 e. The molecule has 1 amide bonds. The minimum atomic E-state index is -0.298. The van der Waals surface area contributed by atoms with Crippen LogP contribution in [-0.4, -0.2) is 60.8 Å². The molecule has 180 valence electrons. The number of carbonyl (C=O) groups is 2. The van der Waals surface area contributed by atoms with Crippen molar-refractivity contribution in [2.75, 3.05) is 33.4 Å². The molecule has 2 aromatic carbocycles. The first-order chi connectivity index (χ1) is 16.5. The van der Waals surface area contributed by atoms with Crippen LogP contribution in [0.3, 0.4) is 0 Å². The van der Waals surface area contributed by atoms with Gasteiger partial charge in [-0.15, -0.1) is 0 Å². The predicted molar refractivity (Wildman–Crippen MR) is 131 cm³/mol. The van der Waals surface area contributed by atoms with E-state index in [1.54, 1.807) is 12.1 Å². The summed E-state index contributed by atoms with van der Waals surface area (Å²) < 4.78 is 10.6. The van der Waals surface area contributed by atoms with Gasteiger partial charge in [0.1, 0.15) is 5.75 Å². The summed E-state index contributed by atoms with van der Waals surface area (Å²) in [7, 11) is 1.63. The summed E-state index contributed by atoms with van der Waals surface area (Å²) >= 11 is 6.52. The number of esters is 1. The van der Waals surface area contributed by atoms with E-state index in [9.17, 15) is 9.59 Å². The fraction of sp³-hybridized carbons (Fsp3) is 0.423. The number of hydrogen-bond donors (Lipinski definition) is 0. The Kier molecular flexibility index (Phi) is 7.85. The van der Waals surface area contributed by atoms with Crippen LogP contribution in [-0.2, 0) is 14.3 Å². The quantitative estimate of drug-likeness (QED) is 0.549. The van der Waals surface area contributed by atoms with Crippen LogP contribution in [0.2, 0.25) is 5.02 Å². The van der Waals surface area contributed by atoms with E-state index in [2.05, 4.69) is 0 Å². The molecule has 0 saturated carbocycles. The number of halogens is 1. The van der Waals surface area contributed by atoms with E-state index in [1.807, 2.05) is 60.4 Å². The van der Waals surface area contributed by atoms with Gasteiger partial charge in [-0.3, -0.25) is 14.5 Å². The van der Waals surface area contributed by atoms with Crippen LogP contribution in [0.5, 0.6) is 5.75 Å². The normalized spacial score (nSPS) is 20.7. The van der Waals surface area contributed by atoms with Gasteiger partial charge < -0.3 is 9.47 Å². The third kappa shape index (κ3) is 5.42. The highest BCUT2D eigenvalue weighted by atomic mass is 35.5. The molecule has 34 heavy (non-hydrogen) atoms. The van der Waals surface area contributed by atoms with Gasteiger partial charge in [0, 0.05) is 23.6 Å². The molecule has 2 aliphatic rings. The first-order valence-electron chi connectivity index (χ1n) is 11.7. The number of hydrogen-bond acceptors (Lipinski definition) is 6. The SMILES string of the molecule is CCOC(=O)[C@@H]1CCCN(CC(=O)N2N=C(c3cccc(OC)c3)C[C@H]2c2ccccc2Cl)C1. The molecule has 0 N–H and O–H groups in total. The van der Waals surface area contributed by atoms with Gasteiger partial charge in [0.15, 0.2) is 0 Å². The highest BCUT2D eigenvalue weighted by Gasteiger charge is 2.36. The van der Waals surface area contributed by atoms with Crippen molar-refractivity contribution in [3.8, 4) is 5.75 Å². The van der Waals surface area contributed by atoms with Crippen LogP contribution in [0.1, 0.15) is 43.4 Å². The fourth-order valence-corrected chi connectivity index (χ4v) is 4.88. The molecule has 0 aromatic heterocycles. The zero-order chi connectivity index (χ0) is 24.1. The highest BCUT2D eigenvalue weighted by molar-refractivity contribution is 6.31. The molecule has 0 aliphatic carbocycles. The first-order valence-corrected chi connectivity index (χ1v) is 12.0. The fourth-order valence-electron chi connectivity index (χ4n) is 4.62. The summed E-state index contributed by atoms with van der Waals surface area (Å²) in [6.45, 7) is 3.64. The van der Waals surface area contributed by atoms with Gasteiger partial charge >= 0.3 is 5.97 Å². The Morgan fingerprint density at radius 1 is 1.18 bits per heavy atom. The number of likely N-dealkylation sites (tertiary alicyclic amines) is 1. The van der Waals surface area contributed by atoms with Crippen molar-refractivity contribution < 1.29 is 19.1 Å². The summed E-state index contributed by atoms with van der Waals surface area (Å²) in [4.78, 5) is 27.7. The lowest BCUT2D eigenvalue weighted by molar-refractivity contribution is -0.150. The maximum atomic E-state index is 13.5. The van der Waals surface area contributed by atoms with Crippen LogP contribution in [0.25, 0.3) is 0 Å². The molecule has 2 aromatic rings. The van der Waals surface area contributed by atoms with Gasteiger partial charge in [-0.1, -0.05) is 41.9 Å². The summed E-state index contributed by atoms with van der Waals surface area (Å²) in [5.74, 6) is 0.230. The molecule has 1 fully saturated rings. The van der Waals surface area contributed by atoms with E-state index < -0.39 is 0 Å². The monoisotopic (exact) mass is 483 g/mol. The minimum absolute atomic E-state index is 0.118. The van der Waals surface area contributed by atoms with E-state index >= 15 is 0 Å². The second-order valence-electron chi connectivity index (χ2n) is 8.58. The Hall–Kier alpha value is -2.90. The van der Waals surface area contributed by atoms with Crippen molar-refractivity contribution in [3.63, 3.8) is 0 Å². The molecular weight excluding hydrogens is 454 g/mol. The van der Waals surface area contributed by atoms with Gasteiger partial charge in [0.25, 0.3) is 5.91 Å². The maximum absolute atomic E-state index is 13.5. The molecule has 8 heteroatoms. The summed E-state index contributed by atoms with van der Waals surface area (Å²) in [6.07, 6.45) is 2.19. The number of ether oxygens (including phenoxy) is 2. The van der Waals surface area contributed by atoms with E-state index in [0.29, 0.717) is 24.6 Å². The van der Waals surface area contributed by atoms with Crippen LogP contribution < -0.4 is 4.74 Å². The topological polar surface area (TPSA) is 71.4 Å². The first kappa shape index (κ1) is 24.2. The molecule has 0 bridgehead atoms. The lowest BCUT2D eigenvalue weighted by Crippen LogP contribution is -2.44. The molecule has 2 atom stereocenters. The second kappa shape index (κ2) is 11.0. The Bertz CT molecular complexity index is 1070. The lowest BCUT2D eigenvalue weighted by atomic mass is 9.97. The molecule has 7 nitrogen and oxygen atoms in total. The lowest BCUT2D eigenvalue weighted by Gasteiger charge is -2.32. The average molecular weight is 484 g/mol. The molecule has 0 unspecified atom stereocenters. The number of carbonyl (C=O) groups excluding carboxylic acids is 2. The molecule has 0 radical (unpaired) electrons. The molecular formula is C26H30ClN3O4. The van der Waals surface area contributed by atoms with Crippen molar-refractivity contribution in [1.82, 2.24) is 9.91 Å². The van der Waals surface area contributed by atoms with Crippen molar-refractivity contribution in [2.45, 2.75) is 32.2 Å². The summed E-state index contributed by atoms with van der Waals surface area (Å²) in [5, 5.41) is 6.91. The van der Waals surface area contributed by atoms with Crippen molar-refractivity contribution in [3.05, 3.63) is 64.7 Å². The van der Waals surface area contributed by atoms with Crippen LogP contribution in [0, 0.1) is 5.92 Å². The average Bonchev–Trinajstić information content (AvgIpc) is 3.30. The number of benzene rings is 2. The van der Waals surface area contributed by atoms with Crippen molar-refractivity contribution >= 4 is 29.2 Å². The van der Waals surface area contributed by atoms with Gasteiger partial charge in [0.05, 0.1) is 37.9 Å². The zero-order valence-electron chi connectivity index (χ0n) is 19.6. The van der Waals surface area contributed by atoms with E-state index in [-0.39, 0.29) is 30.4 Å². The van der Waals surface area contributed by atoms with Gasteiger partial charge in [-0.05, 0) is 50.1 Å². The number of piperidine rings is 1. The van der Waals surface area contributed by atoms with E-state index in [4.69, 9.17) is 26.2 Å². The number of methoxy groups -OCH3 is 1. The molecule has 2 aliphatic heterocycles. The van der Waals surface area contributed by atoms with Gasteiger partial charge in [0.2, 0.25) is 0 Å². The smallest absolute Gasteiger partial charge is 0.310 e. The second-order valence-corrected chi connectivity index (χ2v) is 8.99. The Labute approximate surface area is 205 Å². The number of rotatable bonds is 7.